The molecule has 6 nitrogen and oxygen atoms in total. The summed E-state index contributed by atoms with van der Waals surface area (Å²) in [7, 11) is 0. The molecule has 7 heteroatoms. The molecule has 2 aromatic rings. The molecule has 2 rings (SSSR count). The summed E-state index contributed by atoms with van der Waals surface area (Å²) in [5.74, 6) is -0.509. The molecule has 0 spiro atoms. The number of amides is 2. The summed E-state index contributed by atoms with van der Waals surface area (Å²) in [6.07, 6.45) is 0.169. The molecule has 0 saturated carbocycles. The van der Waals surface area contributed by atoms with E-state index in [-0.39, 0.29) is 24.7 Å². The van der Waals surface area contributed by atoms with Crippen LogP contribution in [0.1, 0.15) is 45.2 Å². The number of hydrogen-bond donors (Lipinski definition) is 2. The highest BCUT2D eigenvalue weighted by Crippen LogP contribution is 2.19. The standard InChI is InChI=1S/C23H29FN2O4/c1-23(2,3)30-22(28)25-15-9-14-21(27)26-19(17-10-5-4-6-11-17)16-29-20-13-8-7-12-18(20)24/h4-8,10-13,19H,9,14-16H2,1-3H3,(H,25,28)(H,26,27). The predicted molar refractivity (Wildman–Crippen MR) is 113 cm³/mol. The Morgan fingerprint density at radius 1 is 1.03 bits per heavy atom. The van der Waals surface area contributed by atoms with E-state index in [0.29, 0.717) is 13.0 Å². The van der Waals surface area contributed by atoms with Crippen LogP contribution in [0.2, 0.25) is 0 Å². The minimum absolute atomic E-state index is 0.0901. The van der Waals surface area contributed by atoms with Crippen LogP contribution in [0.15, 0.2) is 54.6 Å². The molecule has 1 unspecified atom stereocenters. The van der Waals surface area contributed by atoms with Gasteiger partial charge in [-0.1, -0.05) is 42.5 Å². The first-order valence-electron chi connectivity index (χ1n) is 9.93. The summed E-state index contributed by atoms with van der Waals surface area (Å²) in [6.45, 7) is 5.77. The van der Waals surface area contributed by atoms with Gasteiger partial charge < -0.3 is 20.1 Å². The Kier molecular flexibility index (Phi) is 8.65. The number of alkyl carbamates (subject to hydrolysis) is 1. The lowest BCUT2D eigenvalue weighted by atomic mass is 10.1. The van der Waals surface area contributed by atoms with Gasteiger partial charge in [0.15, 0.2) is 11.6 Å². The summed E-state index contributed by atoms with van der Waals surface area (Å²) in [5, 5.41) is 5.54. The third kappa shape index (κ3) is 8.51. The van der Waals surface area contributed by atoms with E-state index in [0.717, 1.165) is 5.56 Å². The average molecular weight is 416 g/mol. The maximum absolute atomic E-state index is 13.8. The van der Waals surface area contributed by atoms with E-state index in [1.54, 1.807) is 39.0 Å². The maximum Gasteiger partial charge on any atom is 0.407 e. The normalized spacial score (nSPS) is 12.0. The Hall–Kier alpha value is -3.09. The number of ether oxygens (including phenoxy) is 2. The fourth-order valence-corrected chi connectivity index (χ4v) is 2.66. The summed E-state index contributed by atoms with van der Waals surface area (Å²) in [6, 6.07) is 15.1. The fourth-order valence-electron chi connectivity index (χ4n) is 2.66. The number of hydrogen-bond acceptors (Lipinski definition) is 4. The smallest absolute Gasteiger partial charge is 0.407 e. The quantitative estimate of drug-likeness (QED) is 0.595. The van der Waals surface area contributed by atoms with E-state index in [9.17, 15) is 14.0 Å². The molecule has 2 amide bonds. The van der Waals surface area contributed by atoms with Gasteiger partial charge in [0.05, 0.1) is 6.04 Å². The van der Waals surface area contributed by atoms with Crippen molar-refractivity contribution in [3.05, 3.63) is 66.0 Å². The Morgan fingerprint density at radius 3 is 2.37 bits per heavy atom. The number of rotatable bonds is 9. The first-order chi connectivity index (χ1) is 14.2. The van der Waals surface area contributed by atoms with Crippen LogP contribution in [0.25, 0.3) is 0 Å². The molecule has 0 aliphatic heterocycles. The molecule has 0 fully saturated rings. The molecule has 0 aromatic heterocycles. The Labute approximate surface area is 176 Å². The fraction of sp³-hybridized carbons (Fsp3) is 0.391. The van der Waals surface area contributed by atoms with Gasteiger partial charge in [0, 0.05) is 13.0 Å². The van der Waals surface area contributed by atoms with Crippen molar-refractivity contribution < 1.29 is 23.5 Å². The molecular formula is C23H29FN2O4. The molecule has 30 heavy (non-hydrogen) atoms. The predicted octanol–water partition coefficient (Wildman–Crippen LogP) is 4.37. The van der Waals surface area contributed by atoms with Crippen molar-refractivity contribution in [3.63, 3.8) is 0 Å². The minimum Gasteiger partial charge on any atom is -0.488 e. The van der Waals surface area contributed by atoms with Gasteiger partial charge in [-0.15, -0.1) is 0 Å². The highest BCUT2D eigenvalue weighted by molar-refractivity contribution is 5.76. The second-order valence-corrected chi connectivity index (χ2v) is 7.80. The van der Waals surface area contributed by atoms with Gasteiger partial charge in [0.1, 0.15) is 12.2 Å². The SMILES string of the molecule is CC(C)(C)OC(=O)NCCCC(=O)NC(COc1ccccc1F)c1ccccc1. The van der Waals surface area contributed by atoms with Crippen LogP contribution in [-0.2, 0) is 9.53 Å². The topological polar surface area (TPSA) is 76.7 Å². The Morgan fingerprint density at radius 2 is 1.70 bits per heavy atom. The van der Waals surface area contributed by atoms with E-state index in [2.05, 4.69) is 10.6 Å². The molecule has 1 atom stereocenters. The van der Waals surface area contributed by atoms with E-state index in [1.807, 2.05) is 30.3 Å². The summed E-state index contributed by atoms with van der Waals surface area (Å²) < 4.78 is 24.6. The lowest BCUT2D eigenvalue weighted by Gasteiger charge is -2.21. The lowest BCUT2D eigenvalue weighted by Crippen LogP contribution is -2.34. The van der Waals surface area contributed by atoms with E-state index in [1.165, 1.54) is 6.07 Å². The van der Waals surface area contributed by atoms with Crippen molar-refractivity contribution in [2.24, 2.45) is 0 Å². The van der Waals surface area contributed by atoms with Crippen LogP contribution in [-0.4, -0.2) is 30.8 Å². The molecule has 0 aliphatic rings. The number of benzene rings is 2. The van der Waals surface area contributed by atoms with Gasteiger partial charge in [0.25, 0.3) is 0 Å². The van der Waals surface area contributed by atoms with Gasteiger partial charge in [-0.25, -0.2) is 9.18 Å². The van der Waals surface area contributed by atoms with Crippen molar-refractivity contribution in [3.8, 4) is 5.75 Å². The van der Waals surface area contributed by atoms with Crippen LogP contribution >= 0.6 is 0 Å². The first-order valence-corrected chi connectivity index (χ1v) is 9.93. The highest BCUT2D eigenvalue weighted by atomic mass is 19.1. The van der Waals surface area contributed by atoms with E-state index >= 15 is 0 Å². The second kappa shape index (κ2) is 11.2. The van der Waals surface area contributed by atoms with Crippen LogP contribution in [0, 0.1) is 5.82 Å². The van der Waals surface area contributed by atoms with Crippen molar-refractivity contribution in [1.29, 1.82) is 0 Å². The zero-order valence-electron chi connectivity index (χ0n) is 17.6. The van der Waals surface area contributed by atoms with Crippen molar-refractivity contribution in [1.82, 2.24) is 10.6 Å². The molecule has 0 aliphatic carbocycles. The van der Waals surface area contributed by atoms with Crippen LogP contribution in [0.5, 0.6) is 5.75 Å². The van der Waals surface area contributed by atoms with Gasteiger partial charge >= 0.3 is 6.09 Å². The number of nitrogens with one attached hydrogen (secondary N) is 2. The molecule has 0 heterocycles. The highest BCUT2D eigenvalue weighted by Gasteiger charge is 2.17. The first kappa shape index (κ1) is 23.2. The van der Waals surface area contributed by atoms with Gasteiger partial charge in [-0.05, 0) is 44.9 Å². The number of para-hydroxylation sites is 1. The third-order valence-corrected chi connectivity index (χ3v) is 4.03. The summed E-state index contributed by atoms with van der Waals surface area (Å²) >= 11 is 0. The van der Waals surface area contributed by atoms with Crippen molar-refractivity contribution in [2.45, 2.75) is 45.3 Å². The molecule has 0 saturated heterocycles. The largest absolute Gasteiger partial charge is 0.488 e. The Bertz CT molecular complexity index is 821. The lowest BCUT2D eigenvalue weighted by molar-refractivity contribution is -0.122. The van der Waals surface area contributed by atoms with E-state index in [4.69, 9.17) is 9.47 Å². The number of halogens is 1. The van der Waals surface area contributed by atoms with E-state index < -0.39 is 23.6 Å². The monoisotopic (exact) mass is 416 g/mol. The number of carbonyl (C=O) groups excluding carboxylic acids is 2. The van der Waals surface area contributed by atoms with Crippen LogP contribution in [0.4, 0.5) is 9.18 Å². The van der Waals surface area contributed by atoms with Gasteiger partial charge in [-0.2, -0.15) is 0 Å². The third-order valence-electron chi connectivity index (χ3n) is 4.03. The van der Waals surface area contributed by atoms with Gasteiger partial charge in [0.2, 0.25) is 5.91 Å². The number of carbonyl (C=O) groups is 2. The molecule has 2 aromatic carbocycles. The second-order valence-electron chi connectivity index (χ2n) is 7.80. The average Bonchev–Trinajstić information content (AvgIpc) is 2.69. The van der Waals surface area contributed by atoms with Crippen LogP contribution in [0.3, 0.4) is 0 Å². The molecular weight excluding hydrogens is 387 g/mol. The molecule has 2 N–H and O–H groups in total. The van der Waals surface area contributed by atoms with Crippen LogP contribution < -0.4 is 15.4 Å². The zero-order valence-corrected chi connectivity index (χ0v) is 17.6. The maximum atomic E-state index is 13.8. The molecule has 0 radical (unpaired) electrons. The molecule has 162 valence electrons. The van der Waals surface area contributed by atoms with Crippen molar-refractivity contribution >= 4 is 12.0 Å². The summed E-state index contributed by atoms with van der Waals surface area (Å²) in [4.78, 5) is 24.0. The minimum atomic E-state index is -0.567. The Balaban J connectivity index is 1.85. The zero-order chi connectivity index (χ0) is 22.0. The summed E-state index contributed by atoms with van der Waals surface area (Å²) in [5.41, 5.74) is 0.289. The van der Waals surface area contributed by atoms with Crippen molar-refractivity contribution in [2.75, 3.05) is 13.2 Å². The molecule has 0 bridgehead atoms. The van der Waals surface area contributed by atoms with Gasteiger partial charge in [-0.3, -0.25) is 4.79 Å².